The van der Waals surface area contributed by atoms with Gasteiger partial charge in [-0.25, -0.2) is 4.98 Å². The molecule has 0 unspecified atom stereocenters. The van der Waals surface area contributed by atoms with Crippen LogP contribution in [0.4, 0.5) is 5.82 Å². The predicted octanol–water partition coefficient (Wildman–Crippen LogP) is 2.07. The van der Waals surface area contributed by atoms with Crippen molar-refractivity contribution in [2.75, 3.05) is 5.73 Å². The molecule has 0 amide bonds. The van der Waals surface area contributed by atoms with Gasteiger partial charge in [-0.1, -0.05) is 0 Å². The number of anilines is 1. The molecule has 23 heavy (non-hydrogen) atoms. The van der Waals surface area contributed by atoms with E-state index < -0.39 is 0 Å². The van der Waals surface area contributed by atoms with Crippen molar-refractivity contribution in [3.8, 4) is 11.1 Å². The summed E-state index contributed by atoms with van der Waals surface area (Å²) >= 11 is 3.60. The molecular formula is C15H18BrN7. The molecule has 8 heteroatoms. The maximum absolute atomic E-state index is 6.28. The van der Waals surface area contributed by atoms with Gasteiger partial charge in [0.25, 0.3) is 0 Å². The van der Waals surface area contributed by atoms with Crippen LogP contribution in [-0.2, 0) is 7.05 Å². The lowest BCUT2D eigenvalue weighted by Gasteiger charge is -2.14. The molecule has 3 aromatic rings. The molecule has 7 nitrogen and oxygen atoms in total. The van der Waals surface area contributed by atoms with Gasteiger partial charge < -0.3 is 11.5 Å². The second-order valence-electron chi connectivity index (χ2n) is 6.16. The highest BCUT2D eigenvalue weighted by Crippen LogP contribution is 2.39. The average molecular weight is 376 g/mol. The van der Waals surface area contributed by atoms with Gasteiger partial charge in [0, 0.05) is 36.3 Å². The van der Waals surface area contributed by atoms with Crippen molar-refractivity contribution in [2.24, 2.45) is 12.8 Å². The van der Waals surface area contributed by atoms with Crippen LogP contribution >= 0.6 is 15.9 Å². The van der Waals surface area contributed by atoms with Crippen LogP contribution in [-0.4, -0.2) is 30.4 Å². The second-order valence-corrected chi connectivity index (χ2v) is 6.96. The van der Waals surface area contributed by atoms with Gasteiger partial charge in [-0.05, 0) is 35.2 Å². The van der Waals surface area contributed by atoms with Crippen LogP contribution in [0.5, 0.6) is 0 Å². The molecule has 1 aliphatic carbocycles. The summed E-state index contributed by atoms with van der Waals surface area (Å²) in [5.74, 6) is 0.906. The Bertz CT molecular complexity index is 881. The Morgan fingerprint density at radius 1 is 1.26 bits per heavy atom. The molecule has 4 rings (SSSR count). The molecule has 1 aliphatic rings. The molecule has 0 bridgehead atoms. The van der Waals surface area contributed by atoms with E-state index in [1.807, 2.05) is 19.4 Å². The number of nitrogen functional groups attached to an aromatic ring is 1. The first-order chi connectivity index (χ1) is 11.0. The minimum atomic E-state index is 0.244. The summed E-state index contributed by atoms with van der Waals surface area (Å²) < 4.78 is 4.26. The van der Waals surface area contributed by atoms with Crippen LogP contribution in [0.3, 0.4) is 0 Å². The number of nitrogens with zero attached hydrogens (tertiary/aromatic N) is 5. The zero-order valence-corrected chi connectivity index (χ0v) is 14.4. The Morgan fingerprint density at radius 3 is 2.74 bits per heavy atom. The second kappa shape index (κ2) is 5.31. The molecule has 2 atom stereocenters. The number of aryl methyl sites for hydroxylation is 1. The number of nitrogens with two attached hydrogens (primary N) is 2. The van der Waals surface area contributed by atoms with E-state index in [4.69, 9.17) is 16.5 Å². The SMILES string of the molecule is Cn1cc(-c2cnn3c(N)c(Br)c([C@@H]4CC[C@@H](N)C4)nc23)cn1. The summed E-state index contributed by atoms with van der Waals surface area (Å²) in [6, 6.07) is 0.244. The van der Waals surface area contributed by atoms with E-state index in [0.29, 0.717) is 11.7 Å². The predicted molar refractivity (Wildman–Crippen MR) is 91.9 cm³/mol. The minimum absolute atomic E-state index is 0.244. The van der Waals surface area contributed by atoms with Crippen molar-refractivity contribution in [3.63, 3.8) is 0 Å². The average Bonchev–Trinajstić information content (AvgIpc) is 3.22. The molecule has 0 aromatic carbocycles. The third-order valence-corrected chi connectivity index (χ3v) is 5.34. The molecule has 0 aliphatic heterocycles. The zero-order chi connectivity index (χ0) is 16.1. The highest BCUT2D eigenvalue weighted by molar-refractivity contribution is 9.10. The monoisotopic (exact) mass is 375 g/mol. The number of halogens is 1. The Hall–Kier alpha value is -1.93. The summed E-state index contributed by atoms with van der Waals surface area (Å²) in [6.45, 7) is 0. The van der Waals surface area contributed by atoms with Crippen LogP contribution in [0.2, 0.25) is 0 Å². The Labute approximate surface area is 141 Å². The first-order valence-corrected chi connectivity index (χ1v) is 8.41. The first kappa shape index (κ1) is 14.6. The molecule has 4 N–H and O–H groups in total. The maximum Gasteiger partial charge on any atom is 0.165 e. The number of aromatic nitrogens is 5. The molecule has 0 radical (unpaired) electrons. The number of fused-ring (bicyclic) bond motifs is 1. The van der Waals surface area contributed by atoms with Crippen LogP contribution in [0.15, 0.2) is 23.1 Å². The summed E-state index contributed by atoms with van der Waals surface area (Å²) in [4.78, 5) is 4.88. The number of hydrogen-bond donors (Lipinski definition) is 2. The fourth-order valence-corrected chi connectivity index (χ4v) is 3.89. The van der Waals surface area contributed by atoms with E-state index in [1.165, 1.54) is 0 Å². The van der Waals surface area contributed by atoms with E-state index in [0.717, 1.165) is 46.2 Å². The van der Waals surface area contributed by atoms with Gasteiger partial charge in [-0.3, -0.25) is 4.68 Å². The van der Waals surface area contributed by atoms with E-state index >= 15 is 0 Å². The van der Waals surface area contributed by atoms with Gasteiger partial charge in [0.15, 0.2) is 5.65 Å². The fraction of sp³-hybridized carbons (Fsp3) is 0.400. The largest absolute Gasteiger partial charge is 0.383 e. The maximum atomic E-state index is 6.28. The molecule has 0 spiro atoms. The Balaban J connectivity index is 1.90. The highest BCUT2D eigenvalue weighted by Gasteiger charge is 2.28. The number of hydrogen-bond acceptors (Lipinski definition) is 5. The quantitative estimate of drug-likeness (QED) is 0.713. The highest BCUT2D eigenvalue weighted by atomic mass is 79.9. The molecule has 3 aromatic heterocycles. The molecular weight excluding hydrogens is 358 g/mol. The van der Waals surface area contributed by atoms with E-state index in [2.05, 4.69) is 26.1 Å². The van der Waals surface area contributed by atoms with Crippen molar-refractivity contribution in [1.29, 1.82) is 0 Å². The standard InChI is InChI=1S/C15H18BrN7/c1-22-7-9(5-19-22)11-6-20-23-14(18)12(16)13(21-15(11)23)8-2-3-10(17)4-8/h5-8,10H,2-4,17-18H2,1H3/t8-,10-/m1/s1. The Morgan fingerprint density at radius 2 is 2.09 bits per heavy atom. The summed E-state index contributed by atoms with van der Waals surface area (Å²) in [6.07, 6.45) is 8.55. The van der Waals surface area contributed by atoms with Gasteiger partial charge >= 0.3 is 0 Å². The third-order valence-electron chi connectivity index (χ3n) is 4.52. The van der Waals surface area contributed by atoms with Gasteiger partial charge in [0.05, 0.1) is 22.6 Å². The molecule has 120 valence electrons. The van der Waals surface area contributed by atoms with Gasteiger partial charge in [0.2, 0.25) is 0 Å². The molecule has 0 saturated heterocycles. The lowest BCUT2D eigenvalue weighted by Crippen LogP contribution is -2.15. The summed E-state index contributed by atoms with van der Waals surface area (Å²) in [5, 5.41) is 8.61. The number of rotatable bonds is 2. The Kier molecular flexibility index (Phi) is 3.38. The van der Waals surface area contributed by atoms with Crippen molar-refractivity contribution >= 4 is 27.4 Å². The zero-order valence-electron chi connectivity index (χ0n) is 12.8. The van der Waals surface area contributed by atoms with Crippen molar-refractivity contribution in [3.05, 3.63) is 28.8 Å². The van der Waals surface area contributed by atoms with E-state index in [1.54, 1.807) is 15.4 Å². The van der Waals surface area contributed by atoms with Crippen LogP contribution < -0.4 is 11.5 Å². The molecule has 1 fully saturated rings. The summed E-state index contributed by atoms with van der Waals surface area (Å²) in [7, 11) is 1.89. The van der Waals surface area contributed by atoms with Crippen molar-refractivity contribution in [2.45, 2.75) is 31.2 Å². The van der Waals surface area contributed by atoms with E-state index in [-0.39, 0.29) is 6.04 Å². The third kappa shape index (κ3) is 2.33. The van der Waals surface area contributed by atoms with Gasteiger partial charge in [-0.15, -0.1) is 0 Å². The minimum Gasteiger partial charge on any atom is -0.383 e. The van der Waals surface area contributed by atoms with Crippen LogP contribution in [0.25, 0.3) is 16.8 Å². The van der Waals surface area contributed by atoms with Crippen LogP contribution in [0, 0.1) is 0 Å². The normalized spacial score (nSPS) is 21.3. The van der Waals surface area contributed by atoms with Gasteiger partial charge in [-0.2, -0.15) is 14.7 Å². The first-order valence-electron chi connectivity index (χ1n) is 7.61. The summed E-state index contributed by atoms with van der Waals surface area (Å²) in [5.41, 5.74) is 16.0. The molecule has 1 saturated carbocycles. The lowest BCUT2D eigenvalue weighted by atomic mass is 10.0. The fourth-order valence-electron chi connectivity index (χ4n) is 3.31. The van der Waals surface area contributed by atoms with Crippen LogP contribution in [0.1, 0.15) is 30.9 Å². The molecule has 3 heterocycles. The smallest absolute Gasteiger partial charge is 0.165 e. The lowest BCUT2D eigenvalue weighted by molar-refractivity contribution is 0.658. The van der Waals surface area contributed by atoms with E-state index in [9.17, 15) is 0 Å². The topological polar surface area (TPSA) is 100 Å². The van der Waals surface area contributed by atoms with Gasteiger partial charge in [0.1, 0.15) is 5.82 Å². The van der Waals surface area contributed by atoms with Crippen molar-refractivity contribution in [1.82, 2.24) is 24.4 Å². The van der Waals surface area contributed by atoms with Crippen molar-refractivity contribution < 1.29 is 0 Å².